The number of sulfonamides is 1. The zero-order valence-electron chi connectivity index (χ0n) is 7.97. The summed E-state index contributed by atoms with van der Waals surface area (Å²) in [6.45, 7) is 0.314. The molecule has 1 unspecified atom stereocenters. The molecule has 0 aliphatic carbocycles. The fourth-order valence-corrected chi connectivity index (χ4v) is 2.73. The lowest BCUT2D eigenvalue weighted by atomic mass is 10.4. The molecular formula is C7H13F3N2O2S. The highest BCUT2D eigenvalue weighted by Crippen LogP contribution is 2.18. The number of rotatable bonds is 4. The number of nitrogens with one attached hydrogen (secondary N) is 2. The van der Waals surface area contributed by atoms with E-state index in [0.717, 1.165) is 0 Å². The molecule has 0 spiro atoms. The Morgan fingerprint density at radius 3 is 2.53 bits per heavy atom. The van der Waals surface area contributed by atoms with E-state index in [4.69, 9.17) is 0 Å². The van der Waals surface area contributed by atoms with E-state index in [0.29, 0.717) is 19.5 Å². The van der Waals surface area contributed by atoms with Crippen molar-refractivity contribution >= 4 is 10.0 Å². The third-order valence-corrected chi connectivity index (χ3v) is 4.05. The Hall–Kier alpha value is -0.340. The van der Waals surface area contributed by atoms with Gasteiger partial charge in [0.1, 0.15) is 0 Å². The van der Waals surface area contributed by atoms with Crippen molar-refractivity contribution in [3.63, 3.8) is 0 Å². The molecule has 15 heavy (non-hydrogen) atoms. The maximum atomic E-state index is 11.8. The van der Waals surface area contributed by atoms with Gasteiger partial charge in [-0.1, -0.05) is 0 Å². The zero-order valence-corrected chi connectivity index (χ0v) is 8.79. The van der Waals surface area contributed by atoms with E-state index in [1.165, 1.54) is 0 Å². The van der Waals surface area contributed by atoms with Crippen molar-refractivity contribution in [2.75, 3.05) is 19.6 Å². The Bertz CT molecular complexity index is 296. The average Bonchev–Trinajstić information content (AvgIpc) is 2.52. The normalized spacial score (nSPS) is 23.3. The van der Waals surface area contributed by atoms with Crippen LogP contribution in [0, 0.1) is 0 Å². The second kappa shape index (κ2) is 4.67. The molecule has 0 bridgehead atoms. The SMILES string of the molecule is O=S(=O)(NCCC(F)(F)F)C1CCNC1. The third kappa shape index (κ3) is 4.35. The third-order valence-electron chi connectivity index (χ3n) is 2.17. The molecule has 1 saturated heterocycles. The Balaban J connectivity index is 2.37. The lowest BCUT2D eigenvalue weighted by molar-refractivity contribution is -0.132. The average molecular weight is 246 g/mol. The summed E-state index contributed by atoms with van der Waals surface area (Å²) in [6, 6.07) is 0. The molecule has 1 rings (SSSR count). The first-order valence-corrected chi connectivity index (χ1v) is 6.12. The van der Waals surface area contributed by atoms with Crippen molar-refractivity contribution in [2.24, 2.45) is 0 Å². The molecule has 1 atom stereocenters. The fraction of sp³-hybridized carbons (Fsp3) is 1.00. The molecule has 0 radical (unpaired) electrons. The fourth-order valence-electron chi connectivity index (χ4n) is 1.35. The highest BCUT2D eigenvalue weighted by molar-refractivity contribution is 7.90. The van der Waals surface area contributed by atoms with Crippen LogP contribution in [0.25, 0.3) is 0 Å². The second-order valence-corrected chi connectivity index (χ2v) is 5.46. The number of alkyl halides is 3. The predicted molar refractivity (Wildman–Crippen MR) is 48.9 cm³/mol. The summed E-state index contributed by atoms with van der Waals surface area (Å²) in [4.78, 5) is 0. The van der Waals surface area contributed by atoms with E-state index in [1.807, 2.05) is 4.72 Å². The van der Waals surface area contributed by atoms with Gasteiger partial charge in [-0.3, -0.25) is 0 Å². The van der Waals surface area contributed by atoms with Crippen LogP contribution < -0.4 is 10.0 Å². The van der Waals surface area contributed by atoms with Crippen LogP contribution in [0.4, 0.5) is 13.2 Å². The van der Waals surface area contributed by atoms with E-state index in [-0.39, 0.29) is 0 Å². The number of hydrogen-bond donors (Lipinski definition) is 2. The van der Waals surface area contributed by atoms with Crippen LogP contribution in [0.15, 0.2) is 0 Å². The maximum Gasteiger partial charge on any atom is 0.390 e. The van der Waals surface area contributed by atoms with Crippen LogP contribution in [0.5, 0.6) is 0 Å². The van der Waals surface area contributed by atoms with Crippen molar-refractivity contribution in [3.05, 3.63) is 0 Å². The number of halogens is 3. The Morgan fingerprint density at radius 2 is 2.07 bits per heavy atom. The Morgan fingerprint density at radius 1 is 1.40 bits per heavy atom. The highest BCUT2D eigenvalue weighted by atomic mass is 32.2. The first kappa shape index (κ1) is 12.7. The quantitative estimate of drug-likeness (QED) is 0.746. The van der Waals surface area contributed by atoms with E-state index in [1.54, 1.807) is 0 Å². The van der Waals surface area contributed by atoms with E-state index in [2.05, 4.69) is 5.32 Å². The van der Waals surface area contributed by atoms with Crippen molar-refractivity contribution in [2.45, 2.75) is 24.3 Å². The molecular weight excluding hydrogens is 233 g/mol. The first-order valence-electron chi connectivity index (χ1n) is 4.57. The Labute approximate surface area is 86.3 Å². The van der Waals surface area contributed by atoms with Crippen LogP contribution in [0.3, 0.4) is 0 Å². The summed E-state index contributed by atoms with van der Waals surface area (Å²) in [5.74, 6) is 0. The van der Waals surface area contributed by atoms with Gasteiger partial charge in [0.25, 0.3) is 0 Å². The summed E-state index contributed by atoms with van der Waals surface area (Å²) in [6.07, 6.45) is -5.01. The minimum absolute atomic E-state index is 0.307. The van der Waals surface area contributed by atoms with Crippen LogP contribution in [0.1, 0.15) is 12.8 Å². The van der Waals surface area contributed by atoms with Gasteiger partial charge >= 0.3 is 6.18 Å². The summed E-state index contributed by atoms with van der Waals surface area (Å²) in [7, 11) is -3.59. The van der Waals surface area contributed by atoms with Gasteiger partial charge in [0.15, 0.2) is 0 Å². The molecule has 0 aromatic carbocycles. The lowest BCUT2D eigenvalue weighted by Gasteiger charge is -2.12. The number of hydrogen-bond acceptors (Lipinski definition) is 3. The van der Waals surface area contributed by atoms with Crippen molar-refractivity contribution in [1.29, 1.82) is 0 Å². The summed E-state index contributed by atoms with van der Waals surface area (Å²) < 4.78 is 60.1. The predicted octanol–water partition coefficient (Wildman–Crippen LogP) is 0.220. The molecule has 1 heterocycles. The zero-order chi connectivity index (χ0) is 11.5. The van der Waals surface area contributed by atoms with Crippen LogP contribution >= 0.6 is 0 Å². The first-order chi connectivity index (χ1) is 6.81. The van der Waals surface area contributed by atoms with Crippen LogP contribution in [0.2, 0.25) is 0 Å². The highest BCUT2D eigenvalue weighted by Gasteiger charge is 2.31. The molecule has 90 valence electrons. The summed E-state index contributed by atoms with van der Waals surface area (Å²) in [5.41, 5.74) is 0. The van der Waals surface area contributed by atoms with Gasteiger partial charge in [0.2, 0.25) is 10.0 Å². The van der Waals surface area contributed by atoms with E-state index < -0.39 is 34.4 Å². The molecule has 0 saturated carbocycles. The molecule has 2 N–H and O–H groups in total. The molecule has 0 aromatic heterocycles. The molecule has 0 aromatic rings. The van der Waals surface area contributed by atoms with Gasteiger partial charge in [0, 0.05) is 13.1 Å². The second-order valence-electron chi connectivity index (χ2n) is 3.42. The van der Waals surface area contributed by atoms with Crippen LogP contribution in [-0.2, 0) is 10.0 Å². The van der Waals surface area contributed by atoms with Crippen molar-refractivity contribution in [3.8, 4) is 0 Å². The van der Waals surface area contributed by atoms with Crippen molar-refractivity contribution < 1.29 is 21.6 Å². The monoisotopic (exact) mass is 246 g/mol. The van der Waals surface area contributed by atoms with Gasteiger partial charge in [0.05, 0.1) is 11.7 Å². The van der Waals surface area contributed by atoms with Gasteiger partial charge in [-0.25, -0.2) is 13.1 Å². The van der Waals surface area contributed by atoms with Crippen LogP contribution in [-0.4, -0.2) is 39.5 Å². The maximum absolute atomic E-state index is 11.8. The largest absolute Gasteiger partial charge is 0.390 e. The summed E-state index contributed by atoms with van der Waals surface area (Å²) in [5, 5.41) is 2.24. The molecule has 0 amide bonds. The van der Waals surface area contributed by atoms with Gasteiger partial charge < -0.3 is 5.32 Å². The summed E-state index contributed by atoms with van der Waals surface area (Å²) >= 11 is 0. The minimum Gasteiger partial charge on any atom is -0.315 e. The van der Waals surface area contributed by atoms with Crippen molar-refractivity contribution in [1.82, 2.24) is 10.0 Å². The molecule has 1 aliphatic rings. The molecule has 1 aliphatic heterocycles. The molecule has 8 heteroatoms. The van der Waals surface area contributed by atoms with Gasteiger partial charge in [-0.2, -0.15) is 13.2 Å². The molecule has 4 nitrogen and oxygen atoms in total. The smallest absolute Gasteiger partial charge is 0.315 e. The lowest BCUT2D eigenvalue weighted by Crippen LogP contribution is -2.37. The van der Waals surface area contributed by atoms with E-state index >= 15 is 0 Å². The van der Waals surface area contributed by atoms with E-state index in [9.17, 15) is 21.6 Å². The molecule has 1 fully saturated rings. The van der Waals surface area contributed by atoms with Gasteiger partial charge in [-0.05, 0) is 13.0 Å². The standard InChI is InChI=1S/C7H13F3N2O2S/c8-7(9,10)2-4-12-15(13,14)6-1-3-11-5-6/h6,11-12H,1-5H2. The topological polar surface area (TPSA) is 58.2 Å². The van der Waals surface area contributed by atoms with Gasteiger partial charge in [-0.15, -0.1) is 0 Å². The Kier molecular flexibility index (Phi) is 3.96. The minimum atomic E-state index is -4.32.